The molecule has 3 nitrogen and oxygen atoms in total. The number of pyridine rings is 1. The minimum atomic E-state index is 0.00338. The Labute approximate surface area is 179 Å². The van der Waals surface area contributed by atoms with Gasteiger partial charge in [0, 0.05) is 17.7 Å². The molecule has 1 N–H and O–H groups in total. The van der Waals surface area contributed by atoms with Gasteiger partial charge in [-0.1, -0.05) is 42.8 Å². The van der Waals surface area contributed by atoms with Crippen molar-refractivity contribution in [3.8, 4) is 11.1 Å². The number of benzene rings is 2. The Morgan fingerprint density at radius 2 is 1.67 bits per heavy atom. The van der Waals surface area contributed by atoms with Gasteiger partial charge in [-0.2, -0.15) is 0 Å². The minimum absolute atomic E-state index is 0.00338. The highest BCUT2D eigenvalue weighted by atomic mass is 16.2. The van der Waals surface area contributed by atoms with Crippen molar-refractivity contribution in [1.29, 1.82) is 0 Å². The van der Waals surface area contributed by atoms with Crippen LogP contribution in [0.2, 0.25) is 0 Å². The van der Waals surface area contributed by atoms with Crippen molar-refractivity contribution in [1.82, 2.24) is 4.98 Å². The summed E-state index contributed by atoms with van der Waals surface area (Å²) < 4.78 is 0. The molecule has 0 radical (unpaired) electrons. The first-order valence-corrected chi connectivity index (χ1v) is 10.8. The molecule has 0 spiro atoms. The first-order valence-electron chi connectivity index (χ1n) is 10.8. The van der Waals surface area contributed by atoms with Crippen LogP contribution in [0, 0.1) is 33.6 Å². The normalized spacial score (nSPS) is 18.4. The summed E-state index contributed by atoms with van der Waals surface area (Å²) in [5, 5.41) is 3.07. The number of nitrogens with one attached hydrogen (secondary N) is 1. The van der Waals surface area contributed by atoms with Crippen molar-refractivity contribution in [2.45, 2.75) is 52.9 Å². The number of anilines is 1. The summed E-state index contributed by atoms with van der Waals surface area (Å²) in [6.07, 6.45) is 4.94. The van der Waals surface area contributed by atoms with Crippen LogP contribution in [0.5, 0.6) is 0 Å². The minimum Gasteiger partial charge on any atom is -0.310 e. The molecule has 0 aliphatic heterocycles. The third-order valence-corrected chi connectivity index (χ3v) is 6.61. The molecule has 30 heavy (non-hydrogen) atoms. The fraction of sp³-hybridized carbons (Fsp3) is 0.333. The van der Waals surface area contributed by atoms with Gasteiger partial charge in [-0.05, 0) is 92.0 Å². The lowest BCUT2D eigenvalue weighted by molar-refractivity contribution is -0.120. The van der Waals surface area contributed by atoms with E-state index in [1.54, 1.807) is 0 Å². The van der Waals surface area contributed by atoms with Gasteiger partial charge in [0.25, 0.3) is 0 Å². The van der Waals surface area contributed by atoms with Gasteiger partial charge >= 0.3 is 0 Å². The fourth-order valence-electron chi connectivity index (χ4n) is 4.77. The zero-order valence-corrected chi connectivity index (χ0v) is 18.3. The van der Waals surface area contributed by atoms with E-state index in [0.29, 0.717) is 5.82 Å². The average Bonchev–Trinajstić information content (AvgIpc) is 3.21. The predicted octanol–water partition coefficient (Wildman–Crippen LogP) is 6.50. The molecule has 1 aromatic heterocycles. The molecule has 1 fully saturated rings. The largest absolute Gasteiger partial charge is 0.310 e. The highest BCUT2D eigenvalue weighted by Crippen LogP contribution is 2.42. The second-order valence-electron chi connectivity index (χ2n) is 8.67. The van der Waals surface area contributed by atoms with Gasteiger partial charge in [-0.3, -0.25) is 4.79 Å². The Hall–Kier alpha value is -2.94. The number of nitrogens with zero attached hydrogens (tertiary/aromatic N) is 1. The molecule has 3 aromatic rings. The molecule has 1 aliphatic rings. The second-order valence-corrected chi connectivity index (χ2v) is 8.67. The summed E-state index contributed by atoms with van der Waals surface area (Å²) in [7, 11) is 0. The van der Waals surface area contributed by atoms with Crippen LogP contribution in [-0.2, 0) is 4.79 Å². The standard InChI is InChI=1S/C27H30N2O/c1-17-8-5-6-9-22(17)21-12-13-26(28-16-21)29-27(30)24-11-7-10-23(24)25-15-19(3)18(2)14-20(25)4/h5-6,8-9,12-16,23-24H,7,10-11H2,1-4H3,(H,28,29,30). The van der Waals surface area contributed by atoms with E-state index in [1.807, 2.05) is 30.5 Å². The number of hydrogen-bond acceptors (Lipinski definition) is 2. The van der Waals surface area contributed by atoms with Gasteiger partial charge in [-0.25, -0.2) is 4.98 Å². The van der Waals surface area contributed by atoms with E-state index in [4.69, 9.17) is 0 Å². The molecule has 2 atom stereocenters. The molecule has 154 valence electrons. The van der Waals surface area contributed by atoms with Gasteiger partial charge in [-0.15, -0.1) is 0 Å². The van der Waals surface area contributed by atoms with Gasteiger partial charge in [0.15, 0.2) is 0 Å². The zero-order valence-electron chi connectivity index (χ0n) is 18.3. The van der Waals surface area contributed by atoms with E-state index in [0.717, 1.165) is 24.8 Å². The number of carbonyl (C=O) groups excluding carboxylic acids is 1. The quantitative estimate of drug-likeness (QED) is 0.545. The molecule has 4 rings (SSSR count). The van der Waals surface area contributed by atoms with Crippen LogP contribution in [-0.4, -0.2) is 10.9 Å². The third-order valence-electron chi connectivity index (χ3n) is 6.61. The smallest absolute Gasteiger partial charge is 0.229 e. The van der Waals surface area contributed by atoms with E-state index in [9.17, 15) is 4.79 Å². The number of amides is 1. The second kappa shape index (κ2) is 8.43. The van der Waals surface area contributed by atoms with Crippen LogP contribution >= 0.6 is 0 Å². The molecule has 3 heteroatoms. The fourth-order valence-corrected chi connectivity index (χ4v) is 4.77. The van der Waals surface area contributed by atoms with Crippen LogP contribution in [0.1, 0.15) is 53.0 Å². The average molecular weight is 399 g/mol. The Bertz CT molecular complexity index is 1070. The van der Waals surface area contributed by atoms with Crippen LogP contribution in [0.4, 0.5) is 5.82 Å². The maximum Gasteiger partial charge on any atom is 0.229 e. The molecule has 1 heterocycles. The van der Waals surface area contributed by atoms with E-state index in [2.05, 4.69) is 62.3 Å². The summed E-state index contributed by atoms with van der Waals surface area (Å²) in [5.41, 5.74) is 8.69. The molecule has 2 unspecified atom stereocenters. The number of aromatic nitrogens is 1. The lowest BCUT2D eigenvalue weighted by atomic mass is 9.84. The van der Waals surface area contributed by atoms with Crippen LogP contribution < -0.4 is 5.32 Å². The monoisotopic (exact) mass is 398 g/mol. The number of rotatable bonds is 4. The summed E-state index contributed by atoms with van der Waals surface area (Å²) >= 11 is 0. The van der Waals surface area contributed by atoms with E-state index in [1.165, 1.54) is 33.4 Å². The predicted molar refractivity (Wildman–Crippen MR) is 124 cm³/mol. The Kier molecular flexibility index (Phi) is 5.72. The van der Waals surface area contributed by atoms with Gasteiger partial charge in [0.05, 0.1) is 0 Å². The molecule has 1 amide bonds. The molecule has 1 aliphatic carbocycles. The molecule has 1 saturated carbocycles. The van der Waals surface area contributed by atoms with Crippen molar-refractivity contribution < 1.29 is 4.79 Å². The summed E-state index contributed by atoms with van der Waals surface area (Å²) in [6.45, 7) is 8.57. The van der Waals surface area contributed by atoms with Crippen LogP contribution in [0.3, 0.4) is 0 Å². The molecule has 0 bridgehead atoms. The number of hydrogen-bond donors (Lipinski definition) is 1. The van der Waals surface area contributed by atoms with Crippen molar-refractivity contribution in [2.24, 2.45) is 5.92 Å². The molecular formula is C27H30N2O. The first-order chi connectivity index (χ1) is 14.4. The topological polar surface area (TPSA) is 42.0 Å². The maximum absolute atomic E-state index is 13.1. The number of carbonyl (C=O) groups is 1. The van der Waals surface area contributed by atoms with Gasteiger partial charge < -0.3 is 5.32 Å². The van der Waals surface area contributed by atoms with Gasteiger partial charge in [0.2, 0.25) is 5.91 Å². The molecule has 2 aromatic carbocycles. The lowest BCUT2D eigenvalue weighted by Crippen LogP contribution is -2.25. The Morgan fingerprint density at radius 1 is 0.900 bits per heavy atom. The van der Waals surface area contributed by atoms with Crippen molar-refractivity contribution in [2.75, 3.05) is 5.32 Å². The Balaban J connectivity index is 1.51. The van der Waals surface area contributed by atoms with Crippen molar-refractivity contribution in [3.05, 3.63) is 82.5 Å². The first kappa shape index (κ1) is 20.3. The molecular weight excluding hydrogens is 368 g/mol. The van der Waals surface area contributed by atoms with Gasteiger partial charge in [0.1, 0.15) is 5.82 Å². The van der Waals surface area contributed by atoms with E-state index >= 15 is 0 Å². The van der Waals surface area contributed by atoms with E-state index < -0.39 is 0 Å². The Morgan fingerprint density at radius 3 is 2.40 bits per heavy atom. The highest BCUT2D eigenvalue weighted by Gasteiger charge is 2.35. The van der Waals surface area contributed by atoms with Crippen LogP contribution in [0.15, 0.2) is 54.7 Å². The van der Waals surface area contributed by atoms with Crippen molar-refractivity contribution in [3.63, 3.8) is 0 Å². The summed E-state index contributed by atoms with van der Waals surface area (Å²) in [4.78, 5) is 17.6. The van der Waals surface area contributed by atoms with Crippen LogP contribution in [0.25, 0.3) is 11.1 Å². The molecule has 0 saturated heterocycles. The third kappa shape index (κ3) is 4.02. The summed E-state index contributed by atoms with van der Waals surface area (Å²) in [5.74, 6) is 1.00. The SMILES string of the molecule is Cc1cc(C)c(C2CCCC2C(=O)Nc2ccc(-c3ccccc3C)cn2)cc1C. The lowest BCUT2D eigenvalue weighted by Gasteiger charge is -2.22. The zero-order chi connectivity index (χ0) is 21.3. The summed E-state index contributed by atoms with van der Waals surface area (Å²) in [6, 6.07) is 16.7. The number of aryl methyl sites for hydroxylation is 4. The van der Waals surface area contributed by atoms with Crippen molar-refractivity contribution >= 4 is 11.7 Å². The highest BCUT2D eigenvalue weighted by molar-refractivity contribution is 5.92. The van der Waals surface area contributed by atoms with E-state index in [-0.39, 0.29) is 17.7 Å². The maximum atomic E-state index is 13.1.